The van der Waals surface area contributed by atoms with E-state index in [9.17, 15) is 9.59 Å². The fraction of sp³-hybridized carbons (Fsp3) is 0. The van der Waals surface area contributed by atoms with Gasteiger partial charge in [0, 0.05) is 46.0 Å². The van der Waals surface area contributed by atoms with E-state index in [4.69, 9.17) is 11.5 Å². The van der Waals surface area contributed by atoms with Crippen LogP contribution in [0.1, 0.15) is 20.7 Å². The first-order chi connectivity index (χ1) is 18.5. The third-order valence-electron chi connectivity index (χ3n) is 5.96. The van der Waals surface area contributed by atoms with E-state index in [1.54, 1.807) is 12.4 Å². The minimum absolute atomic E-state index is 0.283. The van der Waals surface area contributed by atoms with Gasteiger partial charge >= 0.3 is 0 Å². The summed E-state index contributed by atoms with van der Waals surface area (Å²) in [5.41, 5.74) is 16.2. The van der Waals surface area contributed by atoms with Gasteiger partial charge in [-0.3, -0.25) is 9.59 Å². The van der Waals surface area contributed by atoms with Crippen molar-refractivity contribution < 1.29 is 9.59 Å². The Bertz CT molecular complexity index is 1460. The number of aromatic nitrogens is 2. The predicted molar refractivity (Wildman–Crippen MR) is 149 cm³/mol. The van der Waals surface area contributed by atoms with Crippen LogP contribution in [0, 0.1) is 0 Å². The number of rotatable bonds is 8. The summed E-state index contributed by atoms with van der Waals surface area (Å²) in [5, 5.41) is 6.47. The summed E-state index contributed by atoms with van der Waals surface area (Å²) in [6.07, 6.45) is 3.41. The summed E-state index contributed by atoms with van der Waals surface area (Å²) in [6, 6.07) is 29.2. The smallest absolute Gasteiger partial charge is 0.249 e. The van der Waals surface area contributed by atoms with Gasteiger partial charge in [0.15, 0.2) is 0 Å². The van der Waals surface area contributed by atoms with Crippen LogP contribution in [0.3, 0.4) is 0 Å². The molecule has 0 unspecified atom stereocenters. The topological polar surface area (TPSA) is 136 Å². The lowest BCUT2D eigenvalue weighted by atomic mass is 9.86. The second-order valence-electron chi connectivity index (χ2n) is 8.47. The first-order valence-electron chi connectivity index (χ1n) is 11.8. The molecule has 38 heavy (non-hydrogen) atoms. The monoisotopic (exact) mass is 500 g/mol. The van der Waals surface area contributed by atoms with Gasteiger partial charge in [-0.25, -0.2) is 9.97 Å². The average Bonchev–Trinajstić information content (AvgIpc) is 2.94. The van der Waals surface area contributed by atoms with Crippen LogP contribution in [-0.4, -0.2) is 21.8 Å². The number of anilines is 4. The summed E-state index contributed by atoms with van der Waals surface area (Å²) < 4.78 is 0. The highest BCUT2D eigenvalue weighted by atomic mass is 16.1. The Hall–Kier alpha value is -5.50. The number of amides is 2. The molecule has 0 saturated carbocycles. The summed E-state index contributed by atoms with van der Waals surface area (Å²) in [7, 11) is 0. The molecule has 0 atom stereocenters. The lowest BCUT2D eigenvalue weighted by Crippen LogP contribution is -2.17. The molecule has 3 aromatic carbocycles. The first kappa shape index (κ1) is 24.2. The highest BCUT2D eigenvalue weighted by Gasteiger charge is 2.22. The molecule has 5 rings (SSSR count). The number of carbonyl (C=O) groups is 2. The van der Waals surface area contributed by atoms with Crippen molar-refractivity contribution in [2.45, 2.75) is 0 Å². The fourth-order valence-corrected chi connectivity index (χ4v) is 4.22. The number of pyridine rings is 2. The highest BCUT2D eigenvalue weighted by molar-refractivity contribution is 6.10. The van der Waals surface area contributed by atoms with Crippen molar-refractivity contribution >= 4 is 34.8 Å². The number of nitrogens with zero attached hydrogens (tertiary/aromatic N) is 2. The van der Waals surface area contributed by atoms with Gasteiger partial charge in [-0.1, -0.05) is 36.4 Å². The number of primary amides is 2. The van der Waals surface area contributed by atoms with Gasteiger partial charge in [0.1, 0.15) is 11.6 Å². The zero-order valence-electron chi connectivity index (χ0n) is 20.3. The fourth-order valence-electron chi connectivity index (χ4n) is 4.22. The van der Waals surface area contributed by atoms with Gasteiger partial charge < -0.3 is 22.1 Å². The number of carbonyl (C=O) groups excluding carboxylic acids is 2. The zero-order valence-corrected chi connectivity index (χ0v) is 20.3. The molecule has 186 valence electrons. The SMILES string of the molecule is NC(=O)c1ccc(C(N)=O)c(-c2ccc(Nc3ccccn3)cc2)c1-c1ccc(Nc2ccccn2)cc1. The summed E-state index contributed by atoms with van der Waals surface area (Å²) in [4.78, 5) is 33.5. The minimum Gasteiger partial charge on any atom is -0.366 e. The maximum Gasteiger partial charge on any atom is 0.249 e. The predicted octanol–water partition coefficient (Wildman–Crippen LogP) is 5.50. The number of hydrogen-bond donors (Lipinski definition) is 4. The van der Waals surface area contributed by atoms with Crippen molar-refractivity contribution in [3.63, 3.8) is 0 Å². The molecule has 0 aliphatic carbocycles. The Morgan fingerprint density at radius 3 is 1.24 bits per heavy atom. The number of hydrogen-bond acceptors (Lipinski definition) is 6. The van der Waals surface area contributed by atoms with Gasteiger partial charge in [-0.15, -0.1) is 0 Å². The molecule has 0 bridgehead atoms. The lowest BCUT2D eigenvalue weighted by Gasteiger charge is -2.18. The van der Waals surface area contributed by atoms with Crippen LogP contribution < -0.4 is 22.1 Å². The van der Waals surface area contributed by atoms with Gasteiger partial charge in [0.05, 0.1) is 0 Å². The summed E-state index contributed by atoms with van der Waals surface area (Å²) in [6.45, 7) is 0. The average molecular weight is 501 g/mol. The molecule has 2 amide bonds. The van der Waals surface area contributed by atoms with Crippen LogP contribution in [0.2, 0.25) is 0 Å². The van der Waals surface area contributed by atoms with Crippen molar-refractivity contribution in [2.24, 2.45) is 11.5 Å². The van der Waals surface area contributed by atoms with Crippen LogP contribution in [0.15, 0.2) is 109 Å². The van der Waals surface area contributed by atoms with E-state index in [1.807, 2.05) is 84.9 Å². The molecule has 0 radical (unpaired) electrons. The molecule has 2 aromatic heterocycles. The molecule has 0 aliphatic rings. The number of nitrogens with one attached hydrogen (secondary N) is 2. The van der Waals surface area contributed by atoms with Gasteiger partial charge in [-0.05, 0) is 71.8 Å². The second-order valence-corrected chi connectivity index (χ2v) is 8.47. The van der Waals surface area contributed by atoms with Crippen molar-refractivity contribution in [1.82, 2.24) is 9.97 Å². The van der Waals surface area contributed by atoms with Crippen LogP contribution in [0.5, 0.6) is 0 Å². The molecule has 0 spiro atoms. The summed E-state index contributed by atoms with van der Waals surface area (Å²) in [5.74, 6) is 0.186. The molecule has 6 N–H and O–H groups in total. The van der Waals surface area contributed by atoms with Crippen LogP contribution in [-0.2, 0) is 0 Å². The molecule has 2 heterocycles. The van der Waals surface area contributed by atoms with Crippen molar-refractivity contribution in [1.29, 1.82) is 0 Å². The van der Waals surface area contributed by atoms with Crippen molar-refractivity contribution in [3.05, 3.63) is 121 Å². The van der Waals surface area contributed by atoms with Crippen LogP contribution >= 0.6 is 0 Å². The van der Waals surface area contributed by atoms with E-state index < -0.39 is 11.8 Å². The Labute approximate surface area is 219 Å². The molecule has 5 aromatic rings. The maximum absolute atomic E-state index is 12.5. The summed E-state index contributed by atoms with van der Waals surface area (Å²) >= 11 is 0. The molecule has 0 fully saturated rings. The van der Waals surface area contributed by atoms with Crippen molar-refractivity contribution in [2.75, 3.05) is 10.6 Å². The number of benzene rings is 3. The molecule has 0 saturated heterocycles. The van der Waals surface area contributed by atoms with Crippen LogP contribution in [0.4, 0.5) is 23.0 Å². The maximum atomic E-state index is 12.5. The van der Waals surface area contributed by atoms with E-state index in [2.05, 4.69) is 20.6 Å². The quantitative estimate of drug-likeness (QED) is 0.222. The Kier molecular flexibility index (Phi) is 6.77. The van der Waals surface area contributed by atoms with Gasteiger partial charge in [0.2, 0.25) is 11.8 Å². The van der Waals surface area contributed by atoms with Crippen LogP contribution in [0.25, 0.3) is 22.3 Å². The minimum atomic E-state index is -0.610. The molecule has 8 nitrogen and oxygen atoms in total. The normalized spacial score (nSPS) is 10.5. The molecule has 8 heteroatoms. The van der Waals surface area contributed by atoms with E-state index in [0.29, 0.717) is 33.9 Å². The standard InChI is InChI=1S/C30H24N6O2/c31-29(37)23-15-16-24(30(32)38)28(20-9-13-22(14-10-20)36-26-6-2-4-18-34-26)27(23)19-7-11-21(12-8-19)35-25-5-1-3-17-33-25/h1-18H,(H2,31,37)(H2,32,38)(H,33,35)(H,34,36). The highest BCUT2D eigenvalue weighted by Crippen LogP contribution is 2.39. The third-order valence-corrected chi connectivity index (χ3v) is 5.96. The Morgan fingerprint density at radius 1 is 0.526 bits per heavy atom. The number of nitrogens with two attached hydrogens (primary N) is 2. The third kappa shape index (κ3) is 5.19. The van der Waals surface area contributed by atoms with E-state index in [-0.39, 0.29) is 11.1 Å². The lowest BCUT2D eigenvalue weighted by molar-refractivity contribution is 0.0989. The Morgan fingerprint density at radius 2 is 0.921 bits per heavy atom. The largest absolute Gasteiger partial charge is 0.366 e. The Balaban J connectivity index is 1.58. The van der Waals surface area contributed by atoms with E-state index in [1.165, 1.54) is 12.1 Å². The van der Waals surface area contributed by atoms with E-state index in [0.717, 1.165) is 11.4 Å². The second kappa shape index (κ2) is 10.6. The molecular weight excluding hydrogens is 476 g/mol. The van der Waals surface area contributed by atoms with Gasteiger partial charge in [-0.2, -0.15) is 0 Å². The first-order valence-corrected chi connectivity index (χ1v) is 11.8. The molecular formula is C30H24N6O2. The zero-order chi connectivity index (χ0) is 26.5. The molecule has 0 aliphatic heterocycles. The van der Waals surface area contributed by atoms with Crippen molar-refractivity contribution in [3.8, 4) is 22.3 Å². The van der Waals surface area contributed by atoms with E-state index >= 15 is 0 Å². The van der Waals surface area contributed by atoms with Gasteiger partial charge in [0.25, 0.3) is 0 Å².